The first-order chi connectivity index (χ1) is 15.6. The predicted molar refractivity (Wildman–Crippen MR) is 122 cm³/mol. The standard InChI is InChI=1S/C24H25FN4O2S/c1-16(22(30)19-9-8-17-4-2-5-18(17)14-19)32-24-27-26-23(28-10-12-31-13-11-28)29(24)21-7-3-6-20(25)15-21/h3,6-9,14-16H,2,4-5,10-13H2,1H3. The van der Waals surface area contributed by atoms with Crippen LogP contribution >= 0.6 is 11.8 Å². The van der Waals surface area contributed by atoms with E-state index in [1.54, 1.807) is 6.07 Å². The summed E-state index contributed by atoms with van der Waals surface area (Å²) in [4.78, 5) is 15.3. The number of hydrogen-bond donors (Lipinski definition) is 0. The molecule has 0 radical (unpaired) electrons. The molecule has 1 unspecified atom stereocenters. The topological polar surface area (TPSA) is 60.2 Å². The number of halogens is 1. The minimum atomic E-state index is -0.358. The molecule has 6 nitrogen and oxygen atoms in total. The Labute approximate surface area is 190 Å². The second kappa shape index (κ2) is 9.03. The Morgan fingerprint density at radius 3 is 2.72 bits per heavy atom. The van der Waals surface area contributed by atoms with Gasteiger partial charge in [0.15, 0.2) is 10.9 Å². The number of aryl methyl sites for hydroxylation is 2. The first-order valence-corrected chi connectivity index (χ1v) is 11.8. The third kappa shape index (κ3) is 4.17. The Kier molecular flexibility index (Phi) is 5.97. The molecule has 8 heteroatoms. The molecule has 0 saturated carbocycles. The van der Waals surface area contributed by atoms with Crippen molar-refractivity contribution >= 4 is 23.5 Å². The Morgan fingerprint density at radius 2 is 1.91 bits per heavy atom. The molecule has 0 amide bonds. The molecule has 32 heavy (non-hydrogen) atoms. The molecule has 0 spiro atoms. The highest BCUT2D eigenvalue weighted by molar-refractivity contribution is 8.00. The number of aromatic nitrogens is 3. The smallest absolute Gasteiger partial charge is 0.232 e. The van der Waals surface area contributed by atoms with Crippen molar-refractivity contribution < 1.29 is 13.9 Å². The predicted octanol–water partition coefficient (Wildman–Crippen LogP) is 4.10. The Balaban J connectivity index is 1.45. The van der Waals surface area contributed by atoms with Crippen LogP contribution in [0, 0.1) is 5.82 Å². The summed E-state index contributed by atoms with van der Waals surface area (Å²) in [5, 5.41) is 9.01. The number of thioether (sulfide) groups is 1. The second-order valence-electron chi connectivity index (χ2n) is 8.16. The van der Waals surface area contributed by atoms with Crippen LogP contribution in [0.4, 0.5) is 10.3 Å². The van der Waals surface area contributed by atoms with Gasteiger partial charge in [-0.15, -0.1) is 10.2 Å². The number of Topliss-reactive ketones (excluding diaryl/α,β-unsaturated/α-hetero) is 1. The number of rotatable bonds is 6. The lowest BCUT2D eigenvalue weighted by Gasteiger charge is -2.28. The minimum absolute atomic E-state index is 0.0615. The first kappa shape index (κ1) is 21.2. The largest absolute Gasteiger partial charge is 0.378 e. The number of fused-ring (bicyclic) bond motifs is 1. The Hall–Kier alpha value is -2.71. The lowest BCUT2D eigenvalue weighted by atomic mass is 10.0. The van der Waals surface area contributed by atoms with Gasteiger partial charge in [-0.25, -0.2) is 4.39 Å². The summed E-state index contributed by atoms with van der Waals surface area (Å²) in [7, 11) is 0. The van der Waals surface area contributed by atoms with E-state index in [0.29, 0.717) is 43.1 Å². The van der Waals surface area contributed by atoms with Crippen LogP contribution in [0.1, 0.15) is 34.8 Å². The number of ketones is 1. The summed E-state index contributed by atoms with van der Waals surface area (Å²) >= 11 is 1.35. The van der Waals surface area contributed by atoms with Gasteiger partial charge in [-0.1, -0.05) is 30.0 Å². The van der Waals surface area contributed by atoms with E-state index in [2.05, 4.69) is 21.2 Å². The summed E-state index contributed by atoms with van der Waals surface area (Å²) in [6.45, 7) is 4.46. The van der Waals surface area contributed by atoms with Gasteiger partial charge in [0, 0.05) is 18.7 Å². The highest BCUT2D eigenvalue weighted by Gasteiger charge is 2.26. The molecule has 1 aromatic heterocycles. The Morgan fingerprint density at radius 1 is 1.09 bits per heavy atom. The van der Waals surface area contributed by atoms with Gasteiger partial charge in [-0.3, -0.25) is 9.36 Å². The van der Waals surface area contributed by atoms with E-state index in [1.807, 2.05) is 29.7 Å². The summed E-state index contributed by atoms with van der Waals surface area (Å²) in [6.07, 6.45) is 3.28. The maximum Gasteiger partial charge on any atom is 0.232 e. The monoisotopic (exact) mass is 452 g/mol. The quantitative estimate of drug-likeness (QED) is 0.415. The molecule has 0 bridgehead atoms. The van der Waals surface area contributed by atoms with E-state index in [1.165, 1.54) is 35.0 Å². The number of ether oxygens (including phenoxy) is 1. The van der Waals surface area contributed by atoms with Crippen LogP contribution in [0.3, 0.4) is 0 Å². The molecule has 0 N–H and O–H groups in total. The third-order valence-corrected chi connectivity index (χ3v) is 7.05. The van der Waals surface area contributed by atoms with Crippen molar-refractivity contribution in [3.05, 3.63) is 65.0 Å². The normalized spacial score (nSPS) is 16.8. The van der Waals surface area contributed by atoms with E-state index in [4.69, 9.17) is 4.74 Å². The van der Waals surface area contributed by atoms with Crippen LogP contribution < -0.4 is 4.90 Å². The van der Waals surface area contributed by atoms with Crippen LogP contribution in [-0.4, -0.2) is 52.1 Å². The maximum atomic E-state index is 14.0. The molecular weight excluding hydrogens is 427 g/mol. The van der Waals surface area contributed by atoms with Crippen LogP contribution in [0.15, 0.2) is 47.6 Å². The maximum absolute atomic E-state index is 14.0. The molecule has 2 heterocycles. The van der Waals surface area contributed by atoms with E-state index >= 15 is 0 Å². The molecule has 3 aromatic rings. The van der Waals surface area contributed by atoms with E-state index in [-0.39, 0.29) is 16.9 Å². The number of hydrogen-bond acceptors (Lipinski definition) is 6. The van der Waals surface area contributed by atoms with Gasteiger partial charge in [-0.05, 0) is 61.6 Å². The van der Waals surface area contributed by atoms with Gasteiger partial charge in [0.05, 0.1) is 24.2 Å². The first-order valence-electron chi connectivity index (χ1n) is 11.0. The fraction of sp³-hybridized carbons (Fsp3) is 0.375. The van der Waals surface area contributed by atoms with Crippen LogP contribution in [0.2, 0.25) is 0 Å². The number of carbonyl (C=O) groups is 1. The number of benzene rings is 2. The van der Waals surface area contributed by atoms with Crippen molar-refractivity contribution in [2.45, 2.75) is 36.6 Å². The van der Waals surface area contributed by atoms with Gasteiger partial charge in [0.2, 0.25) is 5.95 Å². The number of morpholine rings is 1. The number of nitrogens with zero attached hydrogens (tertiary/aromatic N) is 4. The molecule has 166 valence electrons. The van der Waals surface area contributed by atoms with Gasteiger partial charge in [0.25, 0.3) is 0 Å². The van der Waals surface area contributed by atoms with Gasteiger partial charge in [-0.2, -0.15) is 0 Å². The lowest BCUT2D eigenvalue weighted by molar-refractivity contribution is 0.0993. The molecule has 1 fully saturated rings. The molecule has 1 aliphatic carbocycles. The fourth-order valence-electron chi connectivity index (χ4n) is 4.32. The van der Waals surface area contributed by atoms with Crippen molar-refractivity contribution in [2.24, 2.45) is 0 Å². The summed E-state index contributed by atoms with van der Waals surface area (Å²) in [5.41, 5.74) is 4.00. The van der Waals surface area contributed by atoms with Crippen molar-refractivity contribution in [3.8, 4) is 5.69 Å². The molecule has 5 rings (SSSR count). The van der Waals surface area contributed by atoms with E-state index < -0.39 is 0 Å². The summed E-state index contributed by atoms with van der Waals surface area (Å²) in [5.74, 6) is 0.368. The third-order valence-electron chi connectivity index (χ3n) is 6.01. The second-order valence-corrected chi connectivity index (χ2v) is 9.47. The average Bonchev–Trinajstić information content (AvgIpc) is 3.45. The Bertz CT molecular complexity index is 1140. The SMILES string of the molecule is CC(Sc1nnc(N2CCOCC2)n1-c1cccc(F)c1)C(=O)c1ccc2c(c1)CCC2. The molecular formula is C24H25FN4O2S. The van der Waals surface area contributed by atoms with Crippen molar-refractivity contribution in [1.82, 2.24) is 14.8 Å². The van der Waals surface area contributed by atoms with Crippen LogP contribution in [0.25, 0.3) is 5.69 Å². The molecule has 1 atom stereocenters. The average molecular weight is 453 g/mol. The number of anilines is 1. The van der Waals surface area contributed by atoms with Gasteiger partial charge < -0.3 is 9.64 Å². The summed E-state index contributed by atoms with van der Waals surface area (Å²) in [6, 6.07) is 12.4. The molecule has 2 aliphatic rings. The van der Waals surface area contributed by atoms with Crippen molar-refractivity contribution in [1.29, 1.82) is 0 Å². The molecule has 2 aromatic carbocycles. The lowest BCUT2D eigenvalue weighted by Crippen LogP contribution is -2.37. The van der Waals surface area contributed by atoms with Crippen molar-refractivity contribution in [2.75, 3.05) is 31.2 Å². The van der Waals surface area contributed by atoms with Crippen LogP contribution in [0.5, 0.6) is 0 Å². The number of carbonyl (C=O) groups excluding carboxylic acids is 1. The van der Waals surface area contributed by atoms with Crippen molar-refractivity contribution in [3.63, 3.8) is 0 Å². The van der Waals surface area contributed by atoms with Gasteiger partial charge in [0.1, 0.15) is 5.82 Å². The molecule has 1 aliphatic heterocycles. The zero-order valence-corrected chi connectivity index (χ0v) is 18.8. The molecule has 1 saturated heterocycles. The summed E-state index contributed by atoms with van der Waals surface area (Å²) < 4.78 is 21.3. The van der Waals surface area contributed by atoms with E-state index in [9.17, 15) is 9.18 Å². The zero-order chi connectivity index (χ0) is 22.1. The fourth-order valence-corrected chi connectivity index (χ4v) is 5.26. The zero-order valence-electron chi connectivity index (χ0n) is 18.0. The van der Waals surface area contributed by atoms with E-state index in [0.717, 1.165) is 24.8 Å². The van der Waals surface area contributed by atoms with Crippen LogP contribution in [-0.2, 0) is 17.6 Å². The minimum Gasteiger partial charge on any atom is -0.378 e. The highest BCUT2D eigenvalue weighted by Crippen LogP contribution is 2.32. The van der Waals surface area contributed by atoms with Gasteiger partial charge >= 0.3 is 0 Å². The highest BCUT2D eigenvalue weighted by atomic mass is 32.2.